The Morgan fingerprint density at radius 2 is 1.78 bits per heavy atom. The van der Waals surface area contributed by atoms with Gasteiger partial charge in [-0.15, -0.1) is 11.8 Å². The Hall–Kier alpha value is -1.69. The minimum absolute atomic E-state index is 0.0327. The van der Waals surface area contributed by atoms with Crippen LogP contribution in [0.15, 0.2) is 30.3 Å². The molecule has 1 spiro atoms. The highest BCUT2D eigenvalue weighted by molar-refractivity contribution is 8.00. The summed E-state index contributed by atoms with van der Waals surface area (Å²) in [6.07, 6.45) is 6.22. The average Bonchev–Trinajstić information content (AvgIpc) is 3.38. The van der Waals surface area contributed by atoms with Crippen LogP contribution in [0.4, 0.5) is 0 Å². The number of piperidine rings is 1. The normalized spacial score (nSPS) is 22.4. The molecule has 3 aliphatic rings. The molecule has 3 fully saturated rings. The molecular weight excluding hydrogens is 360 g/mol. The van der Waals surface area contributed by atoms with Gasteiger partial charge in [-0.1, -0.05) is 31.0 Å². The van der Waals surface area contributed by atoms with Crippen molar-refractivity contribution in [1.82, 2.24) is 9.80 Å². The molecule has 0 N–H and O–H groups in total. The summed E-state index contributed by atoms with van der Waals surface area (Å²) in [4.78, 5) is 29.5. The van der Waals surface area contributed by atoms with Crippen LogP contribution in [0.1, 0.15) is 38.5 Å². The smallest absolute Gasteiger partial charge is 0.260 e. The Morgan fingerprint density at radius 3 is 2.48 bits per heavy atom. The molecule has 4 rings (SSSR count). The lowest BCUT2D eigenvalue weighted by Crippen LogP contribution is -2.55. The number of nitrogens with zero attached hydrogens (tertiary/aromatic N) is 2. The van der Waals surface area contributed by atoms with Gasteiger partial charge in [0.2, 0.25) is 5.91 Å². The Bertz CT molecular complexity index is 667. The topological polar surface area (TPSA) is 49.9 Å². The third-order valence-corrected chi connectivity index (χ3v) is 7.70. The van der Waals surface area contributed by atoms with E-state index in [2.05, 4.69) is 4.90 Å². The highest BCUT2D eigenvalue weighted by Crippen LogP contribution is 2.45. The molecule has 1 aromatic carbocycles. The lowest BCUT2D eigenvalue weighted by atomic mass is 9.98. The third kappa shape index (κ3) is 3.96. The maximum Gasteiger partial charge on any atom is 0.260 e. The molecule has 2 amide bonds. The SMILES string of the molecule is O=C(COc1ccccc1)N1CCC2(CC1)SCCN2C(=O)C1CCCC1. The van der Waals surface area contributed by atoms with Crippen LogP contribution in [0.3, 0.4) is 0 Å². The summed E-state index contributed by atoms with van der Waals surface area (Å²) >= 11 is 1.92. The average molecular weight is 389 g/mol. The number of benzene rings is 1. The number of rotatable bonds is 4. The van der Waals surface area contributed by atoms with E-state index in [0.717, 1.165) is 43.7 Å². The Balaban J connectivity index is 1.32. The zero-order chi connectivity index (χ0) is 18.7. The highest BCUT2D eigenvalue weighted by Gasteiger charge is 2.48. The van der Waals surface area contributed by atoms with Crippen molar-refractivity contribution in [3.63, 3.8) is 0 Å². The van der Waals surface area contributed by atoms with Crippen molar-refractivity contribution in [2.75, 3.05) is 32.0 Å². The number of hydrogen-bond acceptors (Lipinski definition) is 4. The van der Waals surface area contributed by atoms with Crippen molar-refractivity contribution in [2.45, 2.75) is 43.4 Å². The minimum atomic E-state index is -0.0866. The number of thioether (sulfide) groups is 1. The van der Waals surface area contributed by atoms with Gasteiger partial charge < -0.3 is 14.5 Å². The van der Waals surface area contributed by atoms with Crippen molar-refractivity contribution in [1.29, 1.82) is 0 Å². The molecule has 1 aromatic rings. The van der Waals surface area contributed by atoms with Crippen LogP contribution in [0.2, 0.25) is 0 Å². The summed E-state index contributed by atoms with van der Waals surface area (Å²) in [5, 5.41) is 0. The first-order chi connectivity index (χ1) is 13.2. The molecule has 0 aromatic heterocycles. The maximum absolute atomic E-state index is 13.0. The van der Waals surface area contributed by atoms with E-state index in [0.29, 0.717) is 19.0 Å². The fraction of sp³-hybridized carbons (Fsp3) is 0.619. The van der Waals surface area contributed by atoms with E-state index >= 15 is 0 Å². The molecule has 146 valence electrons. The molecular formula is C21H28N2O3S. The standard InChI is InChI=1S/C21H28N2O3S/c24-19(16-26-18-8-2-1-3-9-18)22-12-10-21(11-13-22)23(14-15-27-21)20(25)17-6-4-5-7-17/h1-3,8-9,17H,4-7,10-16H2. The predicted molar refractivity (Wildman–Crippen MR) is 107 cm³/mol. The van der Waals surface area contributed by atoms with Gasteiger partial charge in [-0.05, 0) is 37.8 Å². The molecule has 0 bridgehead atoms. The molecule has 2 saturated heterocycles. The van der Waals surface area contributed by atoms with Crippen LogP contribution < -0.4 is 4.74 Å². The largest absolute Gasteiger partial charge is 0.484 e. The zero-order valence-electron chi connectivity index (χ0n) is 15.8. The molecule has 1 saturated carbocycles. The number of likely N-dealkylation sites (tertiary alicyclic amines) is 1. The van der Waals surface area contributed by atoms with Crippen molar-refractivity contribution in [3.8, 4) is 5.75 Å². The number of amides is 2. The summed E-state index contributed by atoms with van der Waals surface area (Å²) < 4.78 is 5.60. The summed E-state index contributed by atoms with van der Waals surface area (Å²) in [7, 11) is 0. The Morgan fingerprint density at radius 1 is 1.07 bits per heavy atom. The second kappa shape index (κ2) is 8.13. The first-order valence-electron chi connectivity index (χ1n) is 10.1. The summed E-state index contributed by atoms with van der Waals surface area (Å²) in [5.74, 6) is 2.37. The minimum Gasteiger partial charge on any atom is -0.484 e. The molecule has 0 radical (unpaired) electrons. The van der Waals surface area contributed by atoms with E-state index in [1.54, 1.807) is 0 Å². The van der Waals surface area contributed by atoms with Crippen LogP contribution in [-0.4, -0.2) is 58.5 Å². The molecule has 6 heteroatoms. The fourth-order valence-corrected chi connectivity index (χ4v) is 6.05. The number of hydrogen-bond donors (Lipinski definition) is 0. The maximum atomic E-state index is 13.0. The lowest BCUT2D eigenvalue weighted by molar-refractivity contribution is -0.141. The number of carbonyl (C=O) groups excluding carboxylic acids is 2. The highest BCUT2D eigenvalue weighted by atomic mass is 32.2. The van der Waals surface area contributed by atoms with Gasteiger partial charge in [0.05, 0.1) is 4.87 Å². The Kier molecular flexibility index (Phi) is 5.62. The second-order valence-corrected chi connectivity index (χ2v) is 9.21. The van der Waals surface area contributed by atoms with E-state index in [4.69, 9.17) is 4.74 Å². The first kappa shape index (κ1) is 18.7. The monoisotopic (exact) mass is 388 g/mol. The van der Waals surface area contributed by atoms with E-state index in [1.807, 2.05) is 47.0 Å². The van der Waals surface area contributed by atoms with Crippen LogP contribution in [0.25, 0.3) is 0 Å². The third-order valence-electron chi connectivity index (χ3n) is 6.15. The summed E-state index contributed by atoms with van der Waals surface area (Å²) in [6.45, 7) is 2.36. The van der Waals surface area contributed by atoms with Gasteiger partial charge in [-0.3, -0.25) is 9.59 Å². The molecule has 2 aliphatic heterocycles. The van der Waals surface area contributed by atoms with E-state index < -0.39 is 0 Å². The van der Waals surface area contributed by atoms with Crippen molar-refractivity contribution >= 4 is 23.6 Å². The van der Waals surface area contributed by atoms with Crippen molar-refractivity contribution < 1.29 is 14.3 Å². The van der Waals surface area contributed by atoms with Crippen molar-refractivity contribution in [3.05, 3.63) is 30.3 Å². The van der Waals surface area contributed by atoms with E-state index in [-0.39, 0.29) is 23.3 Å². The van der Waals surface area contributed by atoms with Gasteiger partial charge in [0.1, 0.15) is 5.75 Å². The van der Waals surface area contributed by atoms with E-state index in [9.17, 15) is 9.59 Å². The first-order valence-corrected chi connectivity index (χ1v) is 11.1. The number of carbonyl (C=O) groups is 2. The molecule has 1 aliphatic carbocycles. The number of ether oxygens (including phenoxy) is 1. The Labute approximate surface area is 165 Å². The molecule has 5 nitrogen and oxygen atoms in total. The van der Waals surface area contributed by atoms with Gasteiger partial charge >= 0.3 is 0 Å². The van der Waals surface area contributed by atoms with Crippen LogP contribution >= 0.6 is 11.8 Å². The quantitative estimate of drug-likeness (QED) is 0.795. The van der Waals surface area contributed by atoms with Gasteiger partial charge in [0.15, 0.2) is 6.61 Å². The van der Waals surface area contributed by atoms with Crippen LogP contribution in [-0.2, 0) is 9.59 Å². The second-order valence-electron chi connectivity index (χ2n) is 7.75. The van der Waals surface area contributed by atoms with Gasteiger partial charge in [0, 0.05) is 31.3 Å². The molecule has 0 atom stereocenters. The summed E-state index contributed by atoms with van der Waals surface area (Å²) in [6, 6.07) is 9.45. The lowest BCUT2D eigenvalue weighted by Gasteiger charge is -2.44. The van der Waals surface area contributed by atoms with Crippen LogP contribution in [0, 0.1) is 5.92 Å². The van der Waals surface area contributed by atoms with Gasteiger partial charge in [-0.25, -0.2) is 0 Å². The van der Waals surface area contributed by atoms with Crippen LogP contribution in [0.5, 0.6) is 5.75 Å². The van der Waals surface area contributed by atoms with Gasteiger partial charge in [-0.2, -0.15) is 0 Å². The molecule has 0 unspecified atom stereocenters. The molecule has 27 heavy (non-hydrogen) atoms. The fourth-order valence-electron chi connectivity index (χ4n) is 4.59. The summed E-state index contributed by atoms with van der Waals surface area (Å²) in [5.41, 5.74) is 0. The number of para-hydroxylation sites is 1. The zero-order valence-corrected chi connectivity index (χ0v) is 16.6. The van der Waals surface area contributed by atoms with E-state index in [1.165, 1.54) is 12.8 Å². The van der Waals surface area contributed by atoms with Gasteiger partial charge in [0.25, 0.3) is 5.91 Å². The van der Waals surface area contributed by atoms with Crippen molar-refractivity contribution in [2.24, 2.45) is 5.92 Å². The molecule has 2 heterocycles. The predicted octanol–water partition coefficient (Wildman–Crippen LogP) is 3.15.